The molecule has 1 aromatic heterocycles. The quantitative estimate of drug-likeness (QED) is 0.178. The number of hydrogen-bond acceptors (Lipinski definition) is 4. The fourth-order valence-electron chi connectivity index (χ4n) is 9.27. The van der Waals surface area contributed by atoms with Crippen LogP contribution in [0, 0.1) is 0 Å². The van der Waals surface area contributed by atoms with Crippen LogP contribution in [0.5, 0.6) is 0 Å². The van der Waals surface area contributed by atoms with Crippen LogP contribution in [0.15, 0.2) is 215 Å². The van der Waals surface area contributed by atoms with E-state index in [2.05, 4.69) is 163 Å². The van der Waals surface area contributed by atoms with Crippen molar-refractivity contribution < 1.29 is 4.42 Å². The molecule has 10 aromatic carbocycles. The van der Waals surface area contributed by atoms with Gasteiger partial charge >= 0.3 is 0 Å². The molecule has 1 unspecified atom stereocenters. The minimum atomic E-state index is -0.361. The molecule has 0 saturated carbocycles. The van der Waals surface area contributed by atoms with E-state index in [0.29, 0.717) is 5.84 Å². The van der Waals surface area contributed by atoms with Gasteiger partial charge in [-0.05, 0) is 84.0 Å². The number of hydrogen-bond donors (Lipinski definition) is 1. The first-order chi connectivity index (χ1) is 29.3. The summed E-state index contributed by atoms with van der Waals surface area (Å²) in [5.41, 5.74) is 9.43. The second-order valence-electron chi connectivity index (χ2n) is 15.3. The van der Waals surface area contributed by atoms with Crippen LogP contribution in [0.2, 0.25) is 0 Å². The van der Waals surface area contributed by atoms with Gasteiger partial charge in [0, 0.05) is 33.0 Å². The Bertz CT molecular complexity index is 3490. The second kappa shape index (κ2) is 13.4. The largest absolute Gasteiger partial charge is 0.456 e. The first kappa shape index (κ1) is 33.3. The van der Waals surface area contributed by atoms with Gasteiger partial charge in [-0.25, -0.2) is 9.98 Å². The summed E-state index contributed by atoms with van der Waals surface area (Å²) in [6, 6.07) is 71.2. The molecule has 0 aliphatic carbocycles. The van der Waals surface area contributed by atoms with Crippen molar-refractivity contribution in [2.24, 2.45) is 9.98 Å². The van der Waals surface area contributed by atoms with Crippen LogP contribution in [-0.2, 0) is 0 Å². The van der Waals surface area contributed by atoms with E-state index in [9.17, 15) is 0 Å². The number of furan rings is 1. The maximum absolute atomic E-state index is 6.57. The molecule has 4 heteroatoms. The lowest BCUT2D eigenvalue weighted by atomic mass is 9.85. The number of benzene rings is 10. The Hall–Kier alpha value is -7.82. The number of para-hydroxylation sites is 1. The van der Waals surface area contributed by atoms with E-state index in [1.807, 2.05) is 42.5 Å². The molecule has 2 heterocycles. The SMILES string of the molecule is c1ccc(C2=NC(c3ccc(-c4ccc5oc6ccccc6c5c4-c4ccc5c6ccccc6c6ccccc6c5c4)c4ccccc34)NC(c3ccccc3)=N2)cc1. The van der Waals surface area contributed by atoms with Crippen molar-refractivity contribution in [1.82, 2.24) is 5.32 Å². The van der Waals surface area contributed by atoms with Gasteiger partial charge in [0.1, 0.15) is 23.2 Å². The lowest BCUT2D eigenvalue weighted by Gasteiger charge is -2.25. The fourth-order valence-corrected chi connectivity index (χ4v) is 9.27. The number of nitrogens with one attached hydrogen (secondary N) is 1. The van der Waals surface area contributed by atoms with Crippen LogP contribution in [-0.4, -0.2) is 11.7 Å². The standard InChI is InChI=1S/C55H35N3O/c1-3-15-34(16-4-1)53-56-54(35-17-5-2-6-18-35)58-55(57-53)46-30-29-43(40-22-9-11-23-41(40)46)45-31-32-50-52(47-25-13-14-26-49(47)59-50)51(45)36-27-28-44-39-21-8-7-19-37(39)38-20-10-12-24-42(38)48(44)33-36/h1-33,55H,(H,56,57,58). The molecule has 0 radical (unpaired) electrons. The average molecular weight is 754 g/mol. The molecule has 0 amide bonds. The maximum atomic E-state index is 6.57. The maximum Gasteiger partial charge on any atom is 0.159 e. The summed E-state index contributed by atoms with van der Waals surface area (Å²) in [7, 11) is 0. The third-order valence-electron chi connectivity index (χ3n) is 11.9. The van der Waals surface area contributed by atoms with Gasteiger partial charge in [0.25, 0.3) is 0 Å². The lowest BCUT2D eigenvalue weighted by Crippen LogP contribution is -2.33. The predicted octanol–water partition coefficient (Wildman–Crippen LogP) is 14.0. The third-order valence-corrected chi connectivity index (χ3v) is 11.9. The Morgan fingerprint density at radius 1 is 0.390 bits per heavy atom. The van der Waals surface area contributed by atoms with E-state index in [1.165, 1.54) is 32.3 Å². The summed E-state index contributed by atoms with van der Waals surface area (Å²) in [5, 5.41) is 15.7. The van der Waals surface area contributed by atoms with Gasteiger partial charge < -0.3 is 9.73 Å². The van der Waals surface area contributed by atoms with Gasteiger partial charge in [-0.3, -0.25) is 0 Å². The Morgan fingerprint density at radius 2 is 0.949 bits per heavy atom. The summed E-state index contributed by atoms with van der Waals surface area (Å²) in [5.74, 6) is 1.51. The molecule has 0 fully saturated rings. The number of nitrogens with zero attached hydrogens (tertiary/aromatic N) is 2. The van der Waals surface area contributed by atoms with E-state index in [-0.39, 0.29) is 6.17 Å². The zero-order valence-electron chi connectivity index (χ0n) is 31.9. The van der Waals surface area contributed by atoms with Crippen LogP contribution in [0.1, 0.15) is 22.9 Å². The Balaban J connectivity index is 1.10. The van der Waals surface area contributed by atoms with Crippen molar-refractivity contribution in [1.29, 1.82) is 0 Å². The summed E-state index contributed by atoms with van der Waals surface area (Å²) in [6.45, 7) is 0. The first-order valence-corrected chi connectivity index (χ1v) is 20.1. The fraction of sp³-hybridized carbons (Fsp3) is 0.0182. The Kier molecular flexibility index (Phi) is 7.57. The molecule has 276 valence electrons. The van der Waals surface area contributed by atoms with Crippen molar-refractivity contribution >= 4 is 76.7 Å². The van der Waals surface area contributed by atoms with E-state index < -0.39 is 0 Å². The molecule has 59 heavy (non-hydrogen) atoms. The van der Waals surface area contributed by atoms with E-state index >= 15 is 0 Å². The first-order valence-electron chi connectivity index (χ1n) is 20.1. The molecule has 1 atom stereocenters. The summed E-state index contributed by atoms with van der Waals surface area (Å²) < 4.78 is 6.57. The van der Waals surface area contributed by atoms with Crippen LogP contribution in [0.25, 0.3) is 87.3 Å². The summed E-state index contributed by atoms with van der Waals surface area (Å²) >= 11 is 0. The molecule has 4 nitrogen and oxygen atoms in total. The highest BCUT2D eigenvalue weighted by molar-refractivity contribution is 6.27. The van der Waals surface area contributed by atoms with Gasteiger partial charge in [0.15, 0.2) is 5.84 Å². The molecule has 0 saturated heterocycles. The predicted molar refractivity (Wildman–Crippen MR) is 246 cm³/mol. The van der Waals surface area contributed by atoms with Crippen LogP contribution in [0.4, 0.5) is 0 Å². The molecule has 1 N–H and O–H groups in total. The summed E-state index contributed by atoms with van der Waals surface area (Å²) in [6.07, 6.45) is -0.361. The minimum Gasteiger partial charge on any atom is -0.456 e. The highest BCUT2D eigenvalue weighted by atomic mass is 16.3. The highest BCUT2D eigenvalue weighted by Gasteiger charge is 2.25. The van der Waals surface area contributed by atoms with Gasteiger partial charge in [0.05, 0.1) is 0 Å². The molecule has 0 spiro atoms. The monoisotopic (exact) mass is 753 g/mol. The third kappa shape index (κ3) is 5.38. The topological polar surface area (TPSA) is 49.9 Å². The van der Waals surface area contributed by atoms with Gasteiger partial charge in [-0.2, -0.15) is 0 Å². The van der Waals surface area contributed by atoms with E-state index in [0.717, 1.165) is 77.5 Å². The number of aliphatic imine (C=N–C) groups is 2. The highest BCUT2D eigenvalue weighted by Crippen LogP contribution is 2.47. The zero-order chi connectivity index (χ0) is 38.9. The van der Waals surface area contributed by atoms with Gasteiger partial charge in [-0.15, -0.1) is 0 Å². The molecular formula is C55H35N3O. The summed E-state index contributed by atoms with van der Waals surface area (Å²) in [4.78, 5) is 10.3. The molecule has 1 aliphatic heterocycles. The van der Waals surface area contributed by atoms with Crippen LogP contribution in [0.3, 0.4) is 0 Å². The molecular weight excluding hydrogens is 719 g/mol. The van der Waals surface area contributed by atoms with Crippen molar-refractivity contribution in [3.8, 4) is 22.3 Å². The number of amidine groups is 2. The molecule has 12 rings (SSSR count). The van der Waals surface area contributed by atoms with Crippen molar-refractivity contribution in [2.45, 2.75) is 6.17 Å². The average Bonchev–Trinajstić information content (AvgIpc) is 3.70. The van der Waals surface area contributed by atoms with Crippen molar-refractivity contribution in [2.75, 3.05) is 0 Å². The van der Waals surface area contributed by atoms with Gasteiger partial charge in [-0.1, -0.05) is 176 Å². The molecule has 1 aliphatic rings. The van der Waals surface area contributed by atoms with Crippen molar-refractivity contribution in [3.63, 3.8) is 0 Å². The van der Waals surface area contributed by atoms with Crippen LogP contribution >= 0.6 is 0 Å². The minimum absolute atomic E-state index is 0.361. The van der Waals surface area contributed by atoms with Crippen molar-refractivity contribution in [3.05, 3.63) is 217 Å². The van der Waals surface area contributed by atoms with Gasteiger partial charge in [0.2, 0.25) is 0 Å². The molecule has 0 bridgehead atoms. The van der Waals surface area contributed by atoms with E-state index in [4.69, 9.17) is 14.4 Å². The number of fused-ring (bicyclic) bond motifs is 10. The lowest BCUT2D eigenvalue weighted by molar-refractivity contribution is 0.669. The second-order valence-corrected chi connectivity index (χ2v) is 15.3. The van der Waals surface area contributed by atoms with Crippen LogP contribution < -0.4 is 5.32 Å². The Morgan fingerprint density at radius 3 is 1.66 bits per heavy atom. The smallest absolute Gasteiger partial charge is 0.159 e. The zero-order valence-corrected chi connectivity index (χ0v) is 31.9. The van der Waals surface area contributed by atoms with E-state index in [1.54, 1.807) is 0 Å². The number of rotatable bonds is 5. The normalized spacial score (nSPS) is 14.3. The molecule has 11 aromatic rings. The Labute approximate surface area is 340 Å².